The van der Waals surface area contributed by atoms with E-state index in [-0.39, 0.29) is 6.10 Å². The van der Waals surface area contributed by atoms with Gasteiger partial charge in [0.2, 0.25) is 5.75 Å². The highest BCUT2D eigenvalue weighted by Gasteiger charge is 2.37. The molecule has 0 bridgehead atoms. The first kappa shape index (κ1) is 13.0. The topological polar surface area (TPSA) is 68.9 Å². The fourth-order valence-electron chi connectivity index (χ4n) is 2.46. The number of hydrogen-bond acceptors (Lipinski definition) is 5. The summed E-state index contributed by atoms with van der Waals surface area (Å²) in [5.41, 5.74) is -0.0879. The van der Waals surface area contributed by atoms with Crippen LogP contribution in [0.3, 0.4) is 0 Å². The zero-order valence-corrected chi connectivity index (χ0v) is 11.6. The molecule has 5 nitrogen and oxygen atoms in total. The molecule has 0 saturated carbocycles. The van der Waals surface area contributed by atoms with E-state index in [1.807, 2.05) is 6.07 Å². The molecule has 1 aliphatic rings. The minimum Gasteiger partial charge on any atom is -0.490 e. The number of methoxy groups -OCH3 is 1. The monoisotopic (exact) mass is 276 g/mol. The van der Waals surface area contributed by atoms with E-state index in [4.69, 9.17) is 13.9 Å². The molecule has 2 aromatic rings. The number of benzene rings is 1. The van der Waals surface area contributed by atoms with E-state index in [9.17, 15) is 9.90 Å². The largest absolute Gasteiger partial charge is 0.490 e. The molecule has 1 N–H and O–H groups in total. The summed E-state index contributed by atoms with van der Waals surface area (Å²) in [6, 6.07) is 4.97. The van der Waals surface area contributed by atoms with Crippen LogP contribution in [0.15, 0.2) is 27.4 Å². The van der Waals surface area contributed by atoms with Gasteiger partial charge in [-0.05, 0) is 26.0 Å². The van der Waals surface area contributed by atoms with Crippen LogP contribution in [0.25, 0.3) is 11.0 Å². The van der Waals surface area contributed by atoms with E-state index in [0.717, 1.165) is 10.9 Å². The highest BCUT2D eigenvalue weighted by molar-refractivity contribution is 5.87. The van der Waals surface area contributed by atoms with Crippen molar-refractivity contribution in [1.29, 1.82) is 0 Å². The lowest BCUT2D eigenvalue weighted by Crippen LogP contribution is -2.39. The molecule has 1 aliphatic heterocycles. The Morgan fingerprint density at radius 2 is 2.15 bits per heavy atom. The van der Waals surface area contributed by atoms with Crippen LogP contribution in [0.2, 0.25) is 0 Å². The minimum atomic E-state index is -0.961. The fourth-order valence-corrected chi connectivity index (χ4v) is 2.46. The van der Waals surface area contributed by atoms with Crippen molar-refractivity contribution in [3.05, 3.63) is 34.2 Å². The zero-order valence-electron chi connectivity index (χ0n) is 11.6. The first-order chi connectivity index (χ1) is 9.40. The molecule has 1 atom stereocenters. The van der Waals surface area contributed by atoms with Gasteiger partial charge in [-0.2, -0.15) is 0 Å². The van der Waals surface area contributed by atoms with Crippen LogP contribution in [0.4, 0.5) is 0 Å². The smallest absolute Gasteiger partial charge is 0.336 e. The molecule has 2 heterocycles. The summed E-state index contributed by atoms with van der Waals surface area (Å²) in [4.78, 5) is 11.4. The van der Waals surface area contributed by atoms with Crippen LogP contribution in [-0.2, 0) is 6.42 Å². The Morgan fingerprint density at radius 3 is 2.80 bits per heavy atom. The summed E-state index contributed by atoms with van der Waals surface area (Å²) < 4.78 is 16.4. The van der Waals surface area contributed by atoms with E-state index >= 15 is 0 Å². The van der Waals surface area contributed by atoms with Crippen molar-refractivity contribution >= 4 is 11.0 Å². The van der Waals surface area contributed by atoms with Crippen molar-refractivity contribution < 1.29 is 19.0 Å². The Hall–Kier alpha value is -2.01. The molecule has 0 unspecified atom stereocenters. The first-order valence-corrected chi connectivity index (χ1v) is 6.43. The molecule has 0 saturated heterocycles. The molecule has 0 fully saturated rings. The standard InChI is InChI=1S/C15H16O5/c1-15(2,17)10-7-9-6-8-4-5-11(16)20-12(8)14(18-3)13(9)19-10/h4-6,10,17H,7H2,1-3H3/t10-/m0/s1. The number of rotatable bonds is 2. The van der Waals surface area contributed by atoms with Gasteiger partial charge in [-0.3, -0.25) is 0 Å². The van der Waals surface area contributed by atoms with Gasteiger partial charge in [-0.1, -0.05) is 0 Å². The molecular formula is C15H16O5. The number of hydrogen-bond donors (Lipinski definition) is 1. The van der Waals surface area contributed by atoms with E-state index in [2.05, 4.69) is 0 Å². The number of ether oxygens (including phenoxy) is 2. The summed E-state index contributed by atoms with van der Waals surface area (Å²) in [5, 5.41) is 10.9. The van der Waals surface area contributed by atoms with Crippen LogP contribution >= 0.6 is 0 Å². The molecule has 106 valence electrons. The Morgan fingerprint density at radius 1 is 1.40 bits per heavy atom. The van der Waals surface area contributed by atoms with Crippen LogP contribution in [0, 0.1) is 0 Å². The summed E-state index contributed by atoms with van der Waals surface area (Å²) >= 11 is 0. The predicted molar refractivity (Wildman–Crippen MR) is 73.5 cm³/mol. The molecule has 20 heavy (non-hydrogen) atoms. The highest BCUT2D eigenvalue weighted by atomic mass is 16.5. The second kappa shape index (κ2) is 4.24. The predicted octanol–water partition coefficient (Wildman–Crippen LogP) is 1.88. The fraction of sp³-hybridized carbons (Fsp3) is 0.400. The molecule has 0 spiro atoms. The molecule has 5 heteroatoms. The van der Waals surface area contributed by atoms with E-state index in [1.54, 1.807) is 19.9 Å². The van der Waals surface area contributed by atoms with Gasteiger partial charge >= 0.3 is 5.63 Å². The van der Waals surface area contributed by atoms with Crippen molar-refractivity contribution in [2.45, 2.75) is 32.0 Å². The quantitative estimate of drug-likeness (QED) is 0.848. The second-order valence-corrected chi connectivity index (χ2v) is 5.54. The van der Waals surface area contributed by atoms with E-state index in [1.165, 1.54) is 13.2 Å². The molecule has 0 radical (unpaired) electrons. The summed E-state index contributed by atoms with van der Waals surface area (Å²) in [6.07, 6.45) is 0.236. The van der Waals surface area contributed by atoms with Crippen molar-refractivity contribution in [3.63, 3.8) is 0 Å². The first-order valence-electron chi connectivity index (χ1n) is 6.43. The van der Waals surface area contributed by atoms with Gasteiger partial charge < -0.3 is 19.0 Å². The Kier molecular flexibility index (Phi) is 2.76. The maximum Gasteiger partial charge on any atom is 0.336 e. The van der Waals surface area contributed by atoms with Gasteiger partial charge in [-0.15, -0.1) is 0 Å². The summed E-state index contributed by atoms with van der Waals surface area (Å²) in [5.74, 6) is 0.948. The minimum absolute atomic E-state index is 0.352. The summed E-state index contributed by atoms with van der Waals surface area (Å²) in [7, 11) is 1.50. The van der Waals surface area contributed by atoms with Gasteiger partial charge in [0, 0.05) is 23.4 Å². The van der Waals surface area contributed by atoms with Crippen molar-refractivity contribution in [3.8, 4) is 11.5 Å². The lowest BCUT2D eigenvalue weighted by molar-refractivity contribution is -0.0235. The summed E-state index contributed by atoms with van der Waals surface area (Å²) in [6.45, 7) is 3.41. The Labute approximate surface area is 115 Å². The lowest BCUT2D eigenvalue weighted by Gasteiger charge is -2.24. The molecule has 1 aromatic heterocycles. The van der Waals surface area contributed by atoms with Crippen molar-refractivity contribution in [1.82, 2.24) is 0 Å². The van der Waals surface area contributed by atoms with Crippen LogP contribution in [0.5, 0.6) is 11.5 Å². The third-order valence-electron chi connectivity index (χ3n) is 3.56. The van der Waals surface area contributed by atoms with Crippen LogP contribution in [-0.4, -0.2) is 23.9 Å². The van der Waals surface area contributed by atoms with Crippen molar-refractivity contribution in [2.24, 2.45) is 0 Å². The average molecular weight is 276 g/mol. The van der Waals surface area contributed by atoms with Gasteiger partial charge in [0.15, 0.2) is 11.3 Å². The van der Waals surface area contributed by atoms with E-state index in [0.29, 0.717) is 23.5 Å². The van der Waals surface area contributed by atoms with Crippen molar-refractivity contribution in [2.75, 3.05) is 7.11 Å². The number of aliphatic hydroxyl groups is 1. The third kappa shape index (κ3) is 1.94. The lowest BCUT2D eigenvalue weighted by atomic mass is 9.97. The normalized spacial score (nSPS) is 17.9. The Bertz CT molecular complexity index is 723. The van der Waals surface area contributed by atoms with Gasteiger partial charge in [-0.25, -0.2) is 4.79 Å². The second-order valence-electron chi connectivity index (χ2n) is 5.54. The average Bonchev–Trinajstić information content (AvgIpc) is 2.79. The van der Waals surface area contributed by atoms with Gasteiger partial charge in [0.05, 0.1) is 12.7 Å². The molecule has 1 aromatic carbocycles. The van der Waals surface area contributed by atoms with Crippen LogP contribution < -0.4 is 15.1 Å². The van der Waals surface area contributed by atoms with E-state index < -0.39 is 11.2 Å². The molecule has 0 aliphatic carbocycles. The van der Waals surface area contributed by atoms with Gasteiger partial charge in [0.25, 0.3) is 0 Å². The maximum absolute atomic E-state index is 11.4. The molecule has 3 rings (SSSR count). The maximum atomic E-state index is 11.4. The third-order valence-corrected chi connectivity index (χ3v) is 3.56. The molecular weight excluding hydrogens is 260 g/mol. The van der Waals surface area contributed by atoms with Gasteiger partial charge in [0.1, 0.15) is 6.10 Å². The highest BCUT2D eigenvalue weighted by Crippen LogP contribution is 2.44. The number of fused-ring (bicyclic) bond motifs is 2. The van der Waals surface area contributed by atoms with Crippen LogP contribution in [0.1, 0.15) is 19.4 Å². The molecule has 0 amide bonds. The SMILES string of the molecule is COc1c2c(cc3ccc(=O)oc13)C[C@@H](C(C)(C)O)O2. The zero-order chi connectivity index (χ0) is 14.5. The Balaban J connectivity index is 2.21.